The summed E-state index contributed by atoms with van der Waals surface area (Å²) >= 11 is 8.04. The highest BCUT2D eigenvalue weighted by molar-refractivity contribution is 14.1. The molecule has 0 aliphatic carbocycles. The third-order valence-electron chi connectivity index (χ3n) is 3.68. The second kappa shape index (κ2) is 6.87. The van der Waals surface area contributed by atoms with Crippen LogP contribution < -0.4 is 10.1 Å². The molecule has 1 aliphatic heterocycles. The van der Waals surface area contributed by atoms with Crippen molar-refractivity contribution in [1.29, 1.82) is 0 Å². The van der Waals surface area contributed by atoms with Gasteiger partial charge in [0.1, 0.15) is 5.75 Å². The van der Waals surface area contributed by atoms with E-state index in [4.69, 9.17) is 16.3 Å². The number of amides is 1. The van der Waals surface area contributed by atoms with E-state index in [1.165, 1.54) is 5.56 Å². The van der Waals surface area contributed by atoms with Crippen molar-refractivity contribution in [3.63, 3.8) is 0 Å². The highest BCUT2D eigenvalue weighted by Crippen LogP contribution is 2.26. The summed E-state index contributed by atoms with van der Waals surface area (Å²) in [6.45, 7) is 1.24. The number of para-hydroxylation sites is 1. The molecule has 2 aromatic rings. The maximum absolute atomic E-state index is 12.3. The van der Waals surface area contributed by atoms with Gasteiger partial charge < -0.3 is 10.1 Å². The van der Waals surface area contributed by atoms with E-state index in [1.54, 1.807) is 18.2 Å². The number of fused-ring (bicyclic) bond motifs is 1. The maximum atomic E-state index is 12.3. The van der Waals surface area contributed by atoms with Crippen molar-refractivity contribution >= 4 is 40.1 Å². The van der Waals surface area contributed by atoms with Crippen LogP contribution in [0, 0.1) is 9.49 Å². The summed E-state index contributed by atoms with van der Waals surface area (Å²) in [7, 11) is 0. The first-order chi connectivity index (χ1) is 10.6. The highest BCUT2D eigenvalue weighted by atomic mass is 127. The van der Waals surface area contributed by atoms with Crippen LogP contribution >= 0.6 is 34.2 Å². The van der Waals surface area contributed by atoms with E-state index in [9.17, 15) is 4.79 Å². The molecule has 1 amide bonds. The lowest BCUT2D eigenvalue weighted by Crippen LogP contribution is -2.35. The predicted molar refractivity (Wildman–Crippen MR) is 95.6 cm³/mol. The molecular formula is C17H15ClINO2. The van der Waals surface area contributed by atoms with E-state index >= 15 is 0 Å². The van der Waals surface area contributed by atoms with E-state index in [-0.39, 0.29) is 5.91 Å². The molecular weight excluding hydrogens is 413 g/mol. The van der Waals surface area contributed by atoms with Crippen molar-refractivity contribution in [2.24, 2.45) is 5.92 Å². The number of hydrogen-bond donors (Lipinski definition) is 1. The smallest absolute Gasteiger partial charge is 0.252 e. The Morgan fingerprint density at radius 3 is 2.95 bits per heavy atom. The van der Waals surface area contributed by atoms with Crippen LogP contribution in [-0.4, -0.2) is 19.1 Å². The summed E-state index contributed by atoms with van der Waals surface area (Å²) in [6.07, 6.45) is 0.925. The van der Waals surface area contributed by atoms with Gasteiger partial charge in [0.2, 0.25) is 0 Å². The number of halogens is 2. The summed E-state index contributed by atoms with van der Waals surface area (Å²) in [5.74, 6) is 1.18. The Hall–Kier alpha value is -1.27. The van der Waals surface area contributed by atoms with Crippen LogP contribution in [0.2, 0.25) is 5.02 Å². The normalized spacial score (nSPS) is 16.5. The lowest BCUT2D eigenvalue weighted by molar-refractivity contribution is 0.0938. The first-order valence-corrected chi connectivity index (χ1v) is 8.53. The molecule has 1 atom stereocenters. The van der Waals surface area contributed by atoms with Gasteiger partial charge in [-0.15, -0.1) is 0 Å². The second-order valence-corrected chi connectivity index (χ2v) is 6.92. The molecule has 1 N–H and O–H groups in total. The van der Waals surface area contributed by atoms with Gasteiger partial charge in [-0.25, -0.2) is 0 Å². The average Bonchev–Trinajstić information content (AvgIpc) is 2.52. The molecule has 0 radical (unpaired) electrons. The molecule has 3 rings (SSSR count). The van der Waals surface area contributed by atoms with Crippen LogP contribution in [0.1, 0.15) is 15.9 Å². The molecule has 0 spiro atoms. The topological polar surface area (TPSA) is 38.3 Å². The quantitative estimate of drug-likeness (QED) is 0.754. The summed E-state index contributed by atoms with van der Waals surface area (Å²) in [5.41, 5.74) is 1.86. The van der Waals surface area contributed by atoms with Crippen LogP contribution in [0.3, 0.4) is 0 Å². The number of hydrogen-bond acceptors (Lipinski definition) is 2. The van der Waals surface area contributed by atoms with Crippen LogP contribution in [0.25, 0.3) is 0 Å². The minimum Gasteiger partial charge on any atom is -0.493 e. The number of carbonyl (C=O) groups is 1. The fourth-order valence-electron chi connectivity index (χ4n) is 2.53. The van der Waals surface area contributed by atoms with E-state index < -0.39 is 0 Å². The van der Waals surface area contributed by atoms with Crippen molar-refractivity contribution in [1.82, 2.24) is 5.32 Å². The molecule has 0 aromatic heterocycles. The zero-order chi connectivity index (χ0) is 15.5. The molecule has 5 heteroatoms. The van der Waals surface area contributed by atoms with Crippen LogP contribution in [0.4, 0.5) is 0 Å². The number of rotatable bonds is 3. The molecule has 1 heterocycles. The minimum absolute atomic E-state index is 0.0695. The lowest BCUT2D eigenvalue weighted by atomic mass is 9.96. The molecule has 0 bridgehead atoms. The largest absolute Gasteiger partial charge is 0.493 e. The molecule has 22 heavy (non-hydrogen) atoms. The van der Waals surface area contributed by atoms with Gasteiger partial charge in [-0.05, 0) is 58.8 Å². The van der Waals surface area contributed by atoms with E-state index in [0.717, 1.165) is 15.7 Å². The first kappa shape index (κ1) is 15.6. The van der Waals surface area contributed by atoms with Gasteiger partial charge in [-0.1, -0.05) is 29.8 Å². The molecule has 3 nitrogen and oxygen atoms in total. The van der Waals surface area contributed by atoms with Crippen molar-refractivity contribution in [2.75, 3.05) is 13.2 Å². The van der Waals surface area contributed by atoms with Gasteiger partial charge in [-0.2, -0.15) is 0 Å². The number of benzene rings is 2. The van der Waals surface area contributed by atoms with Gasteiger partial charge in [0.25, 0.3) is 5.91 Å². The Morgan fingerprint density at radius 2 is 2.14 bits per heavy atom. The standard InChI is InChI=1S/C17H15ClINO2/c18-13-5-6-14(15(19)8-13)17(21)20-9-11-7-12-3-1-2-4-16(12)22-10-11/h1-6,8,11H,7,9-10H2,(H,20,21)/t11-/m0/s1. The van der Waals surface area contributed by atoms with Crippen molar-refractivity contribution < 1.29 is 9.53 Å². The van der Waals surface area contributed by atoms with Gasteiger partial charge >= 0.3 is 0 Å². The first-order valence-electron chi connectivity index (χ1n) is 7.07. The van der Waals surface area contributed by atoms with Gasteiger partial charge in [0, 0.05) is 21.1 Å². The number of nitrogens with one attached hydrogen (secondary N) is 1. The number of ether oxygens (including phenoxy) is 1. The molecule has 0 fully saturated rings. The van der Waals surface area contributed by atoms with E-state index in [2.05, 4.69) is 34.0 Å². The number of carbonyl (C=O) groups excluding carboxylic acids is 1. The molecule has 114 valence electrons. The fraction of sp³-hybridized carbons (Fsp3) is 0.235. The summed E-state index contributed by atoms with van der Waals surface area (Å²) < 4.78 is 6.60. The summed E-state index contributed by atoms with van der Waals surface area (Å²) in [6, 6.07) is 13.3. The zero-order valence-corrected chi connectivity index (χ0v) is 14.7. The molecule has 0 unspecified atom stereocenters. The van der Waals surface area contributed by atoms with Crippen molar-refractivity contribution in [3.8, 4) is 5.75 Å². The zero-order valence-electron chi connectivity index (χ0n) is 11.8. The Balaban J connectivity index is 1.60. The lowest BCUT2D eigenvalue weighted by Gasteiger charge is -2.25. The van der Waals surface area contributed by atoms with Gasteiger partial charge in [-0.3, -0.25) is 4.79 Å². The summed E-state index contributed by atoms with van der Waals surface area (Å²) in [5, 5.41) is 3.63. The average molecular weight is 428 g/mol. The molecule has 0 saturated heterocycles. The third-order valence-corrected chi connectivity index (χ3v) is 4.81. The second-order valence-electron chi connectivity index (χ2n) is 5.32. The van der Waals surface area contributed by atoms with Crippen molar-refractivity contribution in [3.05, 3.63) is 62.2 Å². The molecule has 2 aromatic carbocycles. The predicted octanol–water partition coefficient (Wildman–Crippen LogP) is 3.93. The third kappa shape index (κ3) is 3.55. The Morgan fingerprint density at radius 1 is 1.32 bits per heavy atom. The Bertz CT molecular complexity index is 705. The van der Waals surface area contributed by atoms with Crippen LogP contribution in [0.15, 0.2) is 42.5 Å². The molecule has 0 saturated carbocycles. The highest BCUT2D eigenvalue weighted by Gasteiger charge is 2.20. The van der Waals surface area contributed by atoms with Crippen LogP contribution in [0.5, 0.6) is 5.75 Å². The minimum atomic E-state index is -0.0695. The fourth-order valence-corrected chi connectivity index (χ4v) is 3.64. The maximum Gasteiger partial charge on any atom is 0.252 e. The Kier molecular flexibility index (Phi) is 4.88. The van der Waals surface area contributed by atoms with Gasteiger partial charge in [0.15, 0.2) is 0 Å². The Labute approximate surface area is 148 Å². The van der Waals surface area contributed by atoms with E-state index in [1.807, 2.05) is 18.2 Å². The van der Waals surface area contributed by atoms with E-state index in [0.29, 0.717) is 29.7 Å². The SMILES string of the molecule is O=C(NC[C@H]1COc2ccccc2C1)c1ccc(Cl)cc1I. The van der Waals surface area contributed by atoms with Crippen molar-refractivity contribution in [2.45, 2.75) is 6.42 Å². The monoisotopic (exact) mass is 427 g/mol. The van der Waals surface area contributed by atoms with Crippen LogP contribution in [-0.2, 0) is 6.42 Å². The summed E-state index contributed by atoms with van der Waals surface area (Å²) in [4.78, 5) is 12.3. The molecule has 1 aliphatic rings. The van der Waals surface area contributed by atoms with Gasteiger partial charge in [0.05, 0.1) is 12.2 Å².